The molecule has 3 unspecified atom stereocenters. The lowest BCUT2D eigenvalue weighted by Crippen LogP contribution is -2.55. The summed E-state index contributed by atoms with van der Waals surface area (Å²) in [6.45, 7) is 5.02. The summed E-state index contributed by atoms with van der Waals surface area (Å²) in [6, 6.07) is 1.08. The van der Waals surface area contributed by atoms with Gasteiger partial charge in [0.1, 0.15) is 0 Å². The predicted octanol–water partition coefficient (Wildman–Crippen LogP) is 4.43. The van der Waals surface area contributed by atoms with Crippen molar-refractivity contribution in [1.82, 2.24) is 0 Å². The van der Waals surface area contributed by atoms with Gasteiger partial charge in [0, 0.05) is 17.7 Å². The topological polar surface area (TPSA) is 38.4 Å². The lowest BCUT2D eigenvalue weighted by atomic mass is 9.44. The molecule has 0 saturated heterocycles. The standard InChI is InChI=1S/C21H34N2/c1-13-17-5-6-19-16-4-3-14-11-15(22)7-9-20(14,2)18(16)8-10-21(17,19)12-23-13/h12-19H,3-11,22H2,1-2H3/t13-,14-,15-,16?,17+,18?,19?,20-,21-/m0/s1. The largest absolute Gasteiger partial charge is 0.328 e. The number of rotatable bonds is 0. The number of nitrogens with two attached hydrogens (primary N) is 1. The van der Waals surface area contributed by atoms with Crippen molar-refractivity contribution in [2.45, 2.75) is 83.7 Å². The Morgan fingerprint density at radius 2 is 1.78 bits per heavy atom. The second kappa shape index (κ2) is 4.84. The molecule has 2 nitrogen and oxygen atoms in total. The van der Waals surface area contributed by atoms with E-state index < -0.39 is 0 Å². The van der Waals surface area contributed by atoms with E-state index in [1.807, 2.05) is 0 Å². The van der Waals surface area contributed by atoms with Crippen LogP contribution in [-0.2, 0) is 0 Å². The molecule has 4 aliphatic carbocycles. The Hall–Kier alpha value is -0.370. The van der Waals surface area contributed by atoms with Crippen molar-refractivity contribution in [3.05, 3.63) is 0 Å². The zero-order chi connectivity index (χ0) is 15.8. The number of hydrogen-bond acceptors (Lipinski definition) is 2. The van der Waals surface area contributed by atoms with Gasteiger partial charge >= 0.3 is 0 Å². The van der Waals surface area contributed by atoms with Gasteiger partial charge in [-0.05, 0) is 99.7 Å². The first-order valence-corrected chi connectivity index (χ1v) is 10.3. The van der Waals surface area contributed by atoms with Gasteiger partial charge in [0.2, 0.25) is 0 Å². The Labute approximate surface area is 141 Å². The number of nitrogens with zero attached hydrogens (tertiary/aromatic N) is 1. The van der Waals surface area contributed by atoms with Crippen LogP contribution in [0.3, 0.4) is 0 Å². The number of fused-ring (bicyclic) bond motifs is 4. The summed E-state index contributed by atoms with van der Waals surface area (Å²) in [5, 5.41) is 0. The smallest absolute Gasteiger partial charge is 0.0504 e. The summed E-state index contributed by atoms with van der Waals surface area (Å²) in [5.41, 5.74) is 7.43. The summed E-state index contributed by atoms with van der Waals surface area (Å²) in [5.74, 6) is 4.70. The summed E-state index contributed by atoms with van der Waals surface area (Å²) < 4.78 is 0. The van der Waals surface area contributed by atoms with E-state index in [9.17, 15) is 0 Å². The maximum absolute atomic E-state index is 6.32. The van der Waals surface area contributed by atoms with Crippen molar-refractivity contribution in [2.24, 2.45) is 51.1 Å². The molecule has 2 N–H and O–H groups in total. The van der Waals surface area contributed by atoms with Crippen LogP contribution in [0.5, 0.6) is 0 Å². The first-order chi connectivity index (χ1) is 11.0. The molecule has 5 rings (SSSR count). The second-order valence-corrected chi connectivity index (χ2v) is 10.0. The molecule has 1 heterocycles. The molecule has 0 aromatic heterocycles. The van der Waals surface area contributed by atoms with Gasteiger partial charge in [-0.15, -0.1) is 0 Å². The summed E-state index contributed by atoms with van der Waals surface area (Å²) in [7, 11) is 0. The van der Waals surface area contributed by atoms with E-state index >= 15 is 0 Å². The van der Waals surface area contributed by atoms with Crippen molar-refractivity contribution in [2.75, 3.05) is 0 Å². The SMILES string of the molecule is C[C@@H]1N=C[C@]23CCC4C(CC[C@H]5C[C@@H](N)CC[C@]45C)C2CC[C@H]13. The molecule has 0 radical (unpaired) electrons. The van der Waals surface area contributed by atoms with Gasteiger partial charge in [0.25, 0.3) is 0 Å². The van der Waals surface area contributed by atoms with Gasteiger partial charge in [-0.25, -0.2) is 0 Å². The van der Waals surface area contributed by atoms with Crippen LogP contribution in [-0.4, -0.2) is 18.3 Å². The molecule has 2 heteroatoms. The van der Waals surface area contributed by atoms with E-state index in [-0.39, 0.29) is 0 Å². The quantitative estimate of drug-likeness (QED) is 0.706. The third-order valence-electron chi connectivity index (χ3n) is 9.49. The highest BCUT2D eigenvalue weighted by atomic mass is 14.9. The Kier molecular flexibility index (Phi) is 3.14. The van der Waals surface area contributed by atoms with Gasteiger partial charge in [-0.2, -0.15) is 0 Å². The average Bonchev–Trinajstić information content (AvgIpc) is 3.06. The zero-order valence-electron chi connectivity index (χ0n) is 15.0. The summed E-state index contributed by atoms with van der Waals surface area (Å²) >= 11 is 0. The monoisotopic (exact) mass is 314 g/mol. The van der Waals surface area contributed by atoms with E-state index in [1.165, 1.54) is 57.8 Å². The Morgan fingerprint density at radius 1 is 0.957 bits per heavy atom. The molecule has 0 bridgehead atoms. The normalized spacial score (nSPS) is 60.7. The minimum Gasteiger partial charge on any atom is -0.328 e. The molecule has 1 aliphatic heterocycles. The average molecular weight is 315 g/mol. The highest BCUT2D eigenvalue weighted by molar-refractivity contribution is 5.71. The van der Waals surface area contributed by atoms with Gasteiger partial charge in [-0.1, -0.05) is 6.92 Å². The first kappa shape index (κ1) is 14.9. The van der Waals surface area contributed by atoms with Gasteiger partial charge in [-0.3, -0.25) is 4.99 Å². The van der Waals surface area contributed by atoms with E-state index in [2.05, 4.69) is 20.1 Å². The maximum atomic E-state index is 6.32. The predicted molar refractivity (Wildman–Crippen MR) is 95.5 cm³/mol. The molecule has 0 amide bonds. The third-order valence-corrected chi connectivity index (χ3v) is 9.49. The molecule has 128 valence electrons. The molecule has 23 heavy (non-hydrogen) atoms. The van der Waals surface area contributed by atoms with Crippen LogP contribution in [0.15, 0.2) is 4.99 Å². The van der Waals surface area contributed by atoms with Crippen molar-refractivity contribution in [3.63, 3.8) is 0 Å². The van der Waals surface area contributed by atoms with E-state index in [1.54, 1.807) is 0 Å². The molecule has 5 aliphatic rings. The van der Waals surface area contributed by atoms with Crippen LogP contribution in [0.1, 0.15) is 71.6 Å². The Balaban J connectivity index is 1.46. The van der Waals surface area contributed by atoms with Gasteiger partial charge in [0.05, 0.1) is 6.04 Å². The lowest BCUT2D eigenvalue weighted by Gasteiger charge is -2.60. The van der Waals surface area contributed by atoms with Gasteiger partial charge < -0.3 is 5.73 Å². The highest BCUT2D eigenvalue weighted by Crippen LogP contribution is 2.68. The zero-order valence-corrected chi connectivity index (χ0v) is 15.0. The van der Waals surface area contributed by atoms with Gasteiger partial charge in [0.15, 0.2) is 0 Å². The van der Waals surface area contributed by atoms with Crippen molar-refractivity contribution >= 4 is 6.21 Å². The van der Waals surface area contributed by atoms with Crippen LogP contribution in [0, 0.1) is 40.4 Å². The second-order valence-electron chi connectivity index (χ2n) is 10.0. The van der Waals surface area contributed by atoms with E-state index in [0.717, 1.165) is 29.6 Å². The lowest BCUT2D eigenvalue weighted by molar-refractivity contribution is -0.0990. The number of hydrogen-bond donors (Lipinski definition) is 1. The fourth-order valence-corrected chi connectivity index (χ4v) is 8.37. The fourth-order valence-electron chi connectivity index (χ4n) is 8.37. The van der Waals surface area contributed by atoms with Crippen LogP contribution in [0.25, 0.3) is 0 Å². The van der Waals surface area contributed by atoms with Crippen LogP contribution in [0.4, 0.5) is 0 Å². The molecular weight excluding hydrogens is 280 g/mol. The Bertz CT molecular complexity index is 528. The Morgan fingerprint density at radius 3 is 2.65 bits per heavy atom. The van der Waals surface area contributed by atoms with E-state index in [0.29, 0.717) is 22.9 Å². The van der Waals surface area contributed by atoms with Crippen molar-refractivity contribution in [1.29, 1.82) is 0 Å². The third kappa shape index (κ3) is 1.82. The van der Waals surface area contributed by atoms with Crippen LogP contribution in [0.2, 0.25) is 0 Å². The molecule has 4 saturated carbocycles. The molecule has 0 aromatic rings. The molecule has 0 aromatic carbocycles. The van der Waals surface area contributed by atoms with Crippen LogP contribution < -0.4 is 5.73 Å². The maximum Gasteiger partial charge on any atom is 0.0504 e. The molecule has 4 fully saturated rings. The van der Waals surface area contributed by atoms with Crippen molar-refractivity contribution < 1.29 is 0 Å². The fraction of sp³-hybridized carbons (Fsp3) is 0.952. The van der Waals surface area contributed by atoms with Crippen molar-refractivity contribution in [3.8, 4) is 0 Å². The number of aliphatic imine (C=N–C) groups is 1. The highest BCUT2D eigenvalue weighted by Gasteiger charge is 2.63. The van der Waals surface area contributed by atoms with E-state index in [4.69, 9.17) is 10.7 Å². The minimum absolute atomic E-state index is 0.484. The summed E-state index contributed by atoms with van der Waals surface area (Å²) in [4.78, 5) is 4.90. The minimum atomic E-state index is 0.484. The first-order valence-electron chi connectivity index (χ1n) is 10.3. The molecular formula is C21H34N2. The molecule has 9 atom stereocenters. The molecule has 1 spiro atoms. The van der Waals surface area contributed by atoms with Crippen LogP contribution >= 0.6 is 0 Å². The summed E-state index contributed by atoms with van der Waals surface area (Å²) in [6.07, 6.45) is 15.2.